The first-order valence-corrected chi connectivity index (χ1v) is 4.28. The third-order valence-corrected chi connectivity index (χ3v) is 1.88. The first kappa shape index (κ1) is 9.32. The van der Waals surface area contributed by atoms with Gasteiger partial charge in [-0.2, -0.15) is 0 Å². The van der Waals surface area contributed by atoms with Gasteiger partial charge in [0, 0.05) is 0 Å². The van der Waals surface area contributed by atoms with Gasteiger partial charge >= 0.3 is 6.01 Å². The van der Waals surface area contributed by atoms with Crippen LogP contribution in [0.3, 0.4) is 0 Å². The second-order valence-electron chi connectivity index (χ2n) is 2.97. The minimum Gasteiger partial charge on any atom is -0.408 e. The van der Waals surface area contributed by atoms with E-state index >= 15 is 0 Å². The van der Waals surface area contributed by atoms with Crippen molar-refractivity contribution < 1.29 is 4.42 Å². The number of rotatable bonds is 3. The van der Waals surface area contributed by atoms with Crippen LogP contribution in [0.4, 0.5) is 11.7 Å². The Balaban J connectivity index is 2.14. The van der Waals surface area contributed by atoms with E-state index in [1.165, 1.54) is 0 Å². The predicted octanol–water partition coefficient (Wildman–Crippen LogP) is 1.64. The second kappa shape index (κ2) is 3.87. The fourth-order valence-electron chi connectivity index (χ4n) is 1.19. The third kappa shape index (κ3) is 2.16. The zero-order valence-electron chi connectivity index (χ0n) is 7.75. The van der Waals surface area contributed by atoms with Crippen LogP contribution in [0, 0.1) is 4.91 Å². The fourth-order valence-corrected chi connectivity index (χ4v) is 1.19. The highest BCUT2D eigenvalue weighted by molar-refractivity contribution is 5.38. The predicted molar refractivity (Wildman–Crippen MR) is 53.4 cm³/mol. The lowest BCUT2D eigenvalue weighted by molar-refractivity contribution is 0.522. The maximum Gasteiger partial charge on any atom is 0.312 e. The number of benzene rings is 1. The Labute approximate surface area is 85.1 Å². The van der Waals surface area contributed by atoms with E-state index in [9.17, 15) is 4.91 Å². The van der Waals surface area contributed by atoms with Crippen molar-refractivity contribution in [3.05, 3.63) is 40.6 Å². The summed E-state index contributed by atoms with van der Waals surface area (Å²) in [5, 5.41) is 10.1. The van der Waals surface area contributed by atoms with Gasteiger partial charge in [-0.3, -0.25) is 0 Å². The van der Waals surface area contributed by atoms with Gasteiger partial charge in [-0.1, -0.05) is 17.2 Å². The molecule has 2 aromatic rings. The van der Waals surface area contributed by atoms with E-state index in [1.54, 1.807) is 24.3 Å². The molecule has 76 valence electrons. The molecule has 2 rings (SSSR count). The number of nitrogens with zero attached hydrogens (tertiary/aromatic N) is 3. The van der Waals surface area contributed by atoms with Gasteiger partial charge in [-0.05, 0) is 22.9 Å². The molecule has 0 bridgehead atoms. The van der Waals surface area contributed by atoms with Crippen LogP contribution in [0.15, 0.2) is 33.9 Å². The quantitative estimate of drug-likeness (QED) is 0.767. The zero-order chi connectivity index (χ0) is 10.7. The lowest BCUT2D eigenvalue weighted by Gasteiger charge is -1.95. The number of aromatic nitrogens is 2. The van der Waals surface area contributed by atoms with Gasteiger partial charge in [-0.15, -0.1) is 10.0 Å². The molecule has 0 radical (unpaired) electrons. The van der Waals surface area contributed by atoms with Crippen LogP contribution in [-0.4, -0.2) is 10.2 Å². The SMILES string of the molecule is Nc1nnc(Cc2ccc(N=O)cc2)o1. The van der Waals surface area contributed by atoms with Crippen molar-refractivity contribution >= 4 is 11.7 Å². The molecule has 0 saturated heterocycles. The maximum atomic E-state index is 10.2. The Morgan fingerprint density at radius 2 is 2.00 bits per heavy atom. The summed E-state index contributed by atoms with van der Waals surface area (Å²) >= 11 is 0. The minimum absolute atomic E-state index is 0.0520. The number of anilines is 1. The Morgan fingerprint density at radius 3 is 2.53 bits per heavy atom. The van der Waals surface area contributed by atoms with Crippen LogP contribution in [-0.2, 0) is 6.42 Å². The van der Waals surface area contributed by atoms with Crippen LogP contribution >= 0.6 is 0 Å². The summed E-state index contributed by atoms with van der Waals surface area (Å²) in [5.41, 5.74) is 6.62. The molecule has 0 unspecified atom stereocenters. The van der Waals surface area contributed by atoms with Crippen LogP contribution in [0.1, 0.15) is 11.5 Å². The highest BCUT2D eigenvalue weighted by Crippen LogP contribution is 2.15. The monoisotopic (exact) mass is 204 g/mol. The summed E-state index contributed by atoms with van der Waals surface area (Å²) in [6, 6.07) is 6.86. The lowest BCUT2D eigenvalue weighted by atomic mass is 10.1. The molecule has 0 spiro atoms. The summed E-state index contributed by atoms with van der Waals surface area (Å²) in [4.78, 5) is 10.2. The number of nitrogens with two attached hydrogens (primary N) is 1. The molecule has 15 heavy (non-hydrogen) atoms. The summed E-state index contributed by atoms with van der Waals surface area (Å²) in [5.74, 6) is 0.444. The normalized spacial score (nSPS) is 10.1. The molecule has 0 saturated carbocycles. The van der Waals surface area contributed by atoms with Crippen LogP contribution < -0.4 is 5.73 Å². The van der Waals surface area contributed by atoms with Crippen molar-refractivity contribution in [3.8, 4) is 0 Å². The minimum atomic E-state index is 0.0520. The average molecular weight is 204 g/mol. The molecular weight excluding hydrogens is 196 g/mol. The van der Waals surface area contributed by atoms with E-state index in [0.717, 1.165) is 5.56 Å². The number of hydrogen-bond donors (Lipinski definition) is 1. The largest absolute Gasteiger partial charge is 0.408 e. The third-order valence-electron chi connectivity index (χ3n) is 1.88. The first-order valence-electron chi connectivity index (χ1n) is 4.28. The molecule has 0 aliphatic rings. The van der Waals surface area contributed by atoms with Crippen molar-refractivity contribution in [2.45, 2.75) is 6.42 Å². The second-order valence-corrected chi connectivity index (χ2v) is 2.97. The van der Waals surface area contributed by atoms with Gasteiger partial charge in [0.05, 0.1) is 6.42 Å². The van der Waals surface area contributed by atoms with Crippen LogP contribution in [0.2, 0.25) is 0 Å². The molecule has 0 aliphatic carbocycles. The highest BCUT2D eigenvalue weighted by Gasteiger charge is 2.04. The van der Waals surface area contributed by atoms with E-state index in [1.807, 2.05) is 0 Å². The van der Waals surface area contributed by atoms with Crippen LogP contribution in [0.25, 0.3) is 0 Å². The molecular formula is C9H8N4O2. The van der Waals surface area contributed by atoms with Gasteiger partial charge in [0.25, 0.3) is 0 Å². The molecule has 1 heterocycles. The zero-order valence-corrected chi connectivity index (χ0v) is 7.75. The number of nitrogen functional groups attached to an aromatic ring is 1. The summed E-state index contributed by atoms with van der Waals surface area (Å²) in [7, 11) is 0. The van der Waals surface area contributed by atoms with Gasteiger partial charge in [0.1, 0.15) is 5.69 Å². The summed E-state index contributed by atoms with van der Waals surface area (Å²) in [6.07, 6.45) is 0.489. The van der Waals surface area contributed by atoms with Gasteiger partial charge in [-0.25, -0.2) is 0 Å². The standard InChI is InChI=1S/C9H8N4O2/c10-9-12-11-8(15-9)5-6-1-3-7(13-14)4-2-6/h1-4H,5H2,(H2,10,12). The molecule has 6 heteroatoms. The Hall–Kier alpha value is -2.24. The number of hydrogen-bond acceptors (Lipinski definition) is 6. The molecule has 2 N–H and O–H groups in total. The highest BCUT2D eigenvalue weighted by atomic mass is 16.4. The van der Waals surface area contributed by atoms with E-state index in [2.05, 4.69) is 15.4 Å². The Bertz CT molecular complexity index is 463. The van der Waals surface area contributed by atoms with Crippen molar-refractivity contribution in [1.82, 2.24) is 10.2 Å². The molecule has 0 atom stereocenters. The van der Waals surface area contributed by atoms with E-state index in [4.69, 9.17) is 10.2 Å². The molecule has 0 fully saturated rings. The van der Waals surface area contributed by atoms with Crippen molar-refractivity contribution in [1.29, 1.82) is 0 Å². The van der Waals surface area contributed by atoms with Crippen molar-refractivity contribution in [3.63, 3.8) is 0 Å². The Kier molecular flexibility index (Phi) is 2.40. The van der Waals surface area contributed by atoms with Gasteiger partial charge < -0.3 is 10.2 Å². The van der Waals surface area contributed by atoms with Gasteiger partial charge in [0.15, 0.2) is 0 Å². The molecule has 1 aromatic heterocycles. The molecule has 0 amide bonds. The average Bonchev–Trinajstić information content (AvgIpc) is 2.65. The van der Waals surface area contributed by atoms with Crippen molar-refractivity contribution in [2.24, 2.45) is 5.18 Å². The summed E-state index contributed by atoms with van der Waals surface area (Å²) in [6.45, 7) is 0. The van der Waals surface area contributed by atoms with E-state index in [-0.39, 0.29) is 6.01 Å². The summed E-state index contributed by atoms with van der Waals surface area (Å²) < 4.78 is 5.01. The van der Waals surface area contributed by atoms with Crippen LogP contribution in [0.5, 0.6) is 0 Å². The maximum absolute atomic E-state index is 10.2. The molecule has 1 aromatic carbocycles. The lowest BCUT2D eigenvalue weighted by Crippen LogP contribution is -1.87. The topological polar surface area (TPSA) is 94.4 Å². The molecule has 0 aliphatic heterocycles. The van der Waals surface area contributed by atoms with E-state index < -0.39 is 0 Å². The fraction of sp³-hybridized carbons (Fsp3) is 0.111. The Morgan fingerprint density at radius 1 is 1.27 bits per heavy atom. The van der Waals surface area contributed by atoms with E-state index in [0.29, 0.717) is 18.0 Å². The van der Waals surface area contributed by atoms with Gasteiger partial charge in [0.2, 0.25) is 5.89 Å². The smallest absolute Gasteiger partial charge is 0.312 e. The molecule has 6 nitrogen and oxygen atoms in total. The first-order chi connectivity index (χ1) is 7.28. The van der Waals surface area contributed by atoms with Crippen molar-refractivity contribution in [2.75, 3.05) is 5.73 Å². The number of nitroso groups, excluding NO2 is 1.